The van der Waals surface area contributed by atoms with Crippen LogP contribution in [0.5, 0.6) is 5.75 Å². The maximum absolute atomic E-state index is 9.07. The first kappa shape index (κ1) is 13.2. The number of ether oxygens (including phenoxy) is 1. The number of rotatable bonds is 3. The number of fused-ring (bicyclic) bond motifs is 1. The van der Waals surface area contributed by atoms with Crippen LogP contribution in [-0.2, 0) is 6.42 Å². The Morgan fingerprint density at radius 3 is 2.62 bits per heavy atom. The second kappa shape index (κ2) is 5.29. The number of imidazole rings is 1. The molecular formula is C17H15N3O. The quantitative estimate of drug-likeness (QED) is 0.739. The first-order chi connectivity index (χ1) is 10.2. The number of pyridine rings is 1. The molecule has 0 aliphatic rings. The van der Waals surface area contributed by atoms with Gasteiger partial charge >= 0.3 is 0 Å². The molecule has 0 aliphatic heterocycles. The van der Waals surface area contributed by atoms with Gasteiger partial charge in [0.05, 0.1) is 18.4 Å². The van der Waals surface area contributed by atoms with Crippen molar-refractivity contribution in [2.24, 2.45) is 0 Å². The number of nitrogens with zero attached hydrogens (tertiary/aromatic N) is 3. The highest BCUT2D eigenvalue weighted by Gasteiger charge is 2.07. The van der Waals surface area contributed by atoms with Gasteiger partial charge in [0, 0.05) is 18.3 Å². The summed E-state index contributed by atoms with van der Waals surface area (Å²) in [4.78, 5) is 4.61. The van der Waals surface area contributed by atoms with Crippen LogP contribution in [0, 0.1) is 18.3 Å². The molecule has 0 saturated carbocycles. The minimum absolute atomic E-state index is 0.677. The molecule has 0 fully saturated rings. The molecule has 104 valence electrons. The highest BCUT2D eigenvalue weighted by atomic mass is 16.5. The van der Waals surface area contributed by atoms with Crippen molar-refractivity contribution in [1.82, 2.24) is 9.38 Å². The maximum atomic E-state index is 9.07. The summed E-state index contributed by atoms with van der Waals surface area (Å²) in [5.41, 5.74) is 4.63. The first-order valence-electron chi connectivity index (χ1n) is 6.72. The molecule has 0 radical (unpaired) electrons. The normalized spacial score (nSPS) is 10.5. The van der Waals surface area contributed by atoms with E-state index in [2.05, 4.69) is 11.1 Å². The van der Waals surface area contributed by atoms with Crippen molar-refractivity contribution in [3.63, 3.8) is 0 Å². The Hall–Kier alpha value is -2.80. The van der Waals surface area contributed by atoms with Gasteiger partial charge in [-0.2, -0.15) is 5.26 Å². The van der Waals surface area contributed by atoms with E-state index < -0.39 is 0 Å². The topological polar surface area (TPSA) is 50.3 Å². The smallest absolute Gasteiger partial charge is 0.137 e. The summed E-state index contributed by atoms with van der Waals surface area (Å²) in [6, 6.07) is 13.9. The third-order valence-electron chi connectivity index (χ3n) is 3.60. The molecule has 0 N–H and O–H groups in total. The Bertz CT molecular complexity index is 826. The molecule has 1 aromatic carbocycles. The van der Waals surface area contributed by atoms with Crippen LogP contribution >= 0.6 is 0 Å². The fraction of sp³-hybridized carbons (Fsp3) is 0.176. The van der Waals surface area contributed by atoms with Crippen LogP contribution in [0.15, 0.2) is 42.6 Å². The van der Waals surface area contributed by atoms with Crippen molar-refractivity contribution in [2.45, 2.75) is 13.3 Å². The van der Waals surface area contributed by atoms with E-state index >= 15 is 0 Å². The average molecular weight is 277 g/mol. The number of aryl methyl sites for hydroxylation is 1. The molecule has 0 bridgehead atoms. The SMILES string of the molecule is COc1ccc(Cc2cn3c(C)c(C#N)ccc3n2)cc1. The van der Waals surface area contributed by atoms with Gasteiger partial charge in [-0.15, -0.1) is 0 Å². The molecular weight excluding hydrogens is 262 g/mol. The number of hydrogen-bond donors (Lipinski definition) is 0. The monoisotopic (exact) mass is 277 g/mol. The van der Waals surface area contributed by atoms with E-state index in [9.17, 15) is 0 Å². The van der Waals surface area contributed by atoms with Gasteiger partial charge < -0.3 is 9.14 Å². The zero-order valence-electron chi connectivity index (χ0n) is 12.0. The maximum Gasteiger partial charge on any atom is 0.137 e. The molecule has 3 rings (SSSR count). The van der Waals surface area contributed by atoms with Crippen molar-refractivity contribution in [1.29, 1.82) is 5.26 Å². The van der Waals surface area contributed by atoms with Crippen molar-refractivity contribution in [3.8, 4) is 11.8 Å². The highest BCUT2D eigenvalue weighted by molar-refractivity contribution is 5.48. The molecule has 4 heteroatoms. The van der Waals surface area contributed by atoms with Gasteiger partial charge in [0.25, 0.3) is 0 Å². The van der Waals surface area contributed by atoms with Crippen LogP contribution in [0.4, 0.5) is 0 Å². The summed E-state index contributed by atoms with van der Waals surface area (Å²) in [6.45, 7) is 1.93. The van der Waals surface area contributed by atoms with E-state index in [1.165, 1.54) is 5.56 Å². The number of methoxy groups -OCH3 is 1. The van der Waals surface area contributed by atoms with Gasteiger partial charge in [-0.3, -0.25) is 0 Å². The van der Waals surface area contributed by atoms with Gasteiger partial charge in [0.1, 0.15) is 17.5 Å². The summed E-state index contributed by atoms with van der Waals surface area (Å²) in [7, 11) is 1.66. The molecule has 0 unspecified atom stereocenters. The van der Waals surface area contributed by atoms with Gasteiger partial charge in [-0.1, -0.05) is 12.1 Å². The molecule has 3 aromatic rings. The Balaban J connectivity index is 1.94. The summed E-state index contributed by atoms with van der Waals surface area (Å²) in [6.07, 6.45) is 2.75. The number of benzene rings is 1. The van der Waals surface area contributed by atoms with Crippen LogP contribution < -0.4 is 4.74 Å². The van der Waals surface area contributed by atoms with Crippen molar-refractivity contribution < 1.29 is 4.74 Å². The lowest BCUT2D eigenvalue weighted by molar-refractivity contribution is 0.414. The number of aromatic nitrogens is 2. The summed E-state index contributed by atoms with van der Waals surface area (Å²) < 4.78 is 7.13. The summed E-state index contributed by atoms with van der Waals surface area (Å²) in [5.74, 6) is 0.850. The zero-order valence-corrected chi connectivity index (χ0v) is 12.0. The molecule has 2 heterocycles. The van der Waals surface area contributed by atoms with Crippen molar-refractivity contribution in [2.75, 3.05) is 7.11 Å². The van der Waals surface area contributed by atoms with E-state index in [0.717, 1.165) is 29.2 Å². The molecule has 0 saturated heterocycles. The van der Waals surface area contributed by atoms with E-state index in [1.54, 1.807) is 7.11 Å². The van der Waals surface area contributed by atoms with E-state index in [0.29, 0.717) is 5.56 Å². The van der Waals surface area contributed by atoms with Gasteiger partial charge in [0.15, 0.2) is 0 Å². The minimum Gasteiger partial charge on any atom is -0.497 e. The third kappa shape index (κ3) is 2.46. The van der Waals surface area contributed by atoms with E-state index in [-0.39, 0.29) is 0 Å². The van der Waals surface area contributed by atoms with Crippen molar-refractivity contribution >= 4 is 5.65 Å². The Morgan fingerprint density at radius 2 is 1.95 bits per heavy atom. The first-order valence-corrected chi connectivity index (χ1v) is 6.72. The van der Waals surface area contributed by atoms with Crippen LogP contribution in [0.3, 0.4) is 0 Å². The Kier molecular flexibility index (Phi) is 3.33. The lowest BCUT2D eigenvalue weighted by atomic mass is 10.1. The van der Waals surface area contributed by atoms with Crippen LogP contribution in [0.25, 0.3) is 5.65 Å². The largest absolute Gasteiger partial charge is 0.497 e. The fourth-order valence-electron chi connectivity index (χ4n) is 2.40. The van der Waals surface area contributed by atoms with Gasteiger partial charge in [0.2, 0.25) is 0 Å². The van der Waals surface area contributed by atoms with Gasteiger partial charge in [-0.05, 0) is 36.8 Å². The molecule has 2 aromatic heterocycles. The Morgan fingerprint density at radius 1 is 1.19 bits per heavy atom. The number of hydrogen-bond acceptors (Lipinski definition) is 3. The summed E-state index contributed by atoms with van der Waals surface area (Å²) >= 11 is 0. The Labute approximate surface area is 123 Å². The van der Waals surface area contributed by atoms with E-state index in [1.807, 2.05) is 53.9 Å². The third-order valence-corrected chi connectivity index (χ3v) is 3.60. The lowest BCUT2D eigenvalue weighted by Gasteiger charge is -2.01. The number of nitriles is 1. The standard InChI is InChI=1S/C17H15N3O/c1-12-14(10-18)5-8-17-19-15(11-20(12)17)9-13-3-6-16(21-2)7-4-13/h3-8,11H,9H2,1-2H3. The van der Waals surface area contributed by atoms with Crippen LogP contribution in [-0.4, -0.2) is 16.5 Å². The molecule has 0 aliphatic carbocycles. The van der Waals surface area contributed by atoms with Crippen molar-refractivity contribution in [3.05, 3.63) is 65.1 Å². The van der Waals surface area contributed by atoms with Crippen LogP contribution in [0.1, 0.15) is 22.5 Å². The zero-order chi connectivity index (χ0) is 14.8. The average Bonchev–Trinajstić information content (AvgIpc) is 2.92. The summed E-state index contributed by atoms with van der Waals surface area (Å²) in [5, 5.41) is 9.07. The molecule has 21 heavy (non-hydrogen) atoms. The highest BCUT2D eigenvalue weighted by Crippen LogP contribution is 2.17. The lowest BCUT2D eigenvalue weighted by Crippen LogP contribution is -1.93. The van der Waals surface area contributed by atoms with Crippen LogP contribution in [0.2, 0.25) is 0 Å². The molecule has 4 nitrogen and oxygen atoms in total. The predicted octanol–water partition coefficient (Wildman–Crippen LogP) is 3.11. The second-order valence-electron chi connectivity index (χ2n) is 4.93. The predicted molar refractivity (Wildman–Crippen MR) is 80.4 cm³/mol. The van der Waals surface area contributed by atoms with Gasteiger partial charge in [-0.25, -0.2) is 4.98 Å². The molecule has 0 amide bonds. The molecule has 0 atom stereocenters. The molecule has 0 spiro atoms. The fourth-order valence-corrected chi connectivity index (χ4v) is 2.40. The second-order valence-corrected chi connectivity index (χ2v) is 4.93. The van der Waals surface area contributed by atoms with E-state index in [4.69, 9.17) is 10.00 Å². The minimum atomic E-state index is 0.677.